The van der Waals surface area contributed by atoms with Crippen LogP contribution in [0.5, 0.6) is 0 Å². The molecule has 0 aromatic heterocycles. The molecule has 0 saturated heterocycles. The van der Waals surface area contributed by atoms with Gasteiger partial charge in [-0.2, -0.15) is 0 Å². The zero-order valence-electron chi connectivity index (χ0n) is 13.0. The van der Waals surface area contributed by atoms with Crippen molar-refractivity contribution in [1.82, 2.24) is 10.9 Å². The molecule has 2 amide bonds. The maximum atomic E-state index is 12.6. The zero-order chi connectivity index (χ0) is 15.0. The number of hydrogen-bond acceptors (Lipinski definition) is 3. The minimum atomic E-state index is -0.498. The summed E-state index contributed by atoms with van der Waals surface area (Å²) in [6, 6.07) is 0. The predicted octanol–water partition coefficient (Wildman–Crippen LogP) is 1.78. The molecule has 0 radical (unpaired) electrons. The highest BCUT2D eigenvalue weighted by molar-refractivity contribution is 5.87. The lowest BCUT2D eigenvalue weighted by molar-refractivity contribution is -0.150. The second kappa shape index (κ2) is 5.59. The van der Waals surface area contributed by atoms with E-state index in [0.29, 0.717) is 6.42 Å². The molecule has 4 aliphatic carbocycles. The Kier molecular flexibility index (Phi) is 3.95. The van der Waals surface area contributed by atoms with Crippen molar-refractivity contribution in [3.8, 4) is 0 Å². The third-order valence-electron chi connectivity index (χ3n) is 5.77. The van der Waals surface area contributed by atoms with E-state index < -0.39 is 6.10 Å². The molecule has 4 rings (SSSR count). The Labute approximate surface area is 126 Å². The lowest BCUT2D eigenvalue weighted by Gasteiger charge is -2.55. The van der Waals surface area contributed by atoms with E-state index in [4.69, 9.17) is 4.74 Å². The van der Waals surface area contributed by atoms with E-state index in [1.54, 1.807) is 0 Å². The fourth-order valence-electron chi connectivity index (χ4n) is 5.18. The van der Waals surface area contributed by atoms with Gasteiger partial charge in [-0.3, -0.25) is 20.4 Å². The Morgan fingerprint density at radius 1 is 1.10 bits per heavy atom. The van der Waals surface area contributed by atoms with Crippen molar-refractivity contribution >= 4 is 11.8 Å². The van der Waals surface area contributed by atoms with Gasteiger partial charge >= 0.3 is 0 Å². The van der Waals surface area contributed by atoms with Gasteiger partial charge < -0.3 is 4.74 Å². The number of amides is 2. The zero-order valence-corrected chi connectivity index (χ0v) is 13.0. The van der Waals surface area contributed by atoms with Crippen molar-refractivity contribution in [2.75, 3.05) is 7.11 Å². The predicted molar refractivity (Wildman–Crippen MR) is 78.0 cm³/mol. The summed E-state index contributed by atoms with van der Waals surface area (Å²) in [5.41, 5.74) is 4.99. The Morgan fingerprint density at radius 2 is 1.62 bits per heavy atom. The first-order valence-corrected chi connectivity index (χ1v) is 8.19. The smallest absolute Gasteiger partial charge is 0.267 e. The van der Waals surface area contributed by atoms with Crippen molar-refractivity contribution in [1.29, 1.82) is 0 Å². The quantitative estimate of drug-likeness (QED) is 0.777. The molecule has 0 unspecified atom stereocenters. The van der Waals surface area contributed by atoms with Gasteiger partial charge in [0.15, 0.2) is 0 Å². The lowest BCUT2D eigenvalue weighted by atomic mass is 9.49. The van der Waals surface area contributed by atoms with Crippen molar-refractivity contribution in [2.45, 2.75) is 58.0 Å². The SMILES string of the molecule is CC[C@@H](OC)C(=O)NNC(=O)C12CC3CC(CC(C3)C1)C2. The van der Waals surface area contributed by atoms with E-state index in [0.717, 1.165) is 37.0 Å². The largest absolute Gasteiger partial charge is 0.372 e. The highest BCUT2D eigenvalue weighted by Gasteiger charge is 2.54. The average molecular weight is 294 g/mol. The number of ether oxygens (including phenoxy) is 1. The van der Waals surface area contributed by atoms with Gasteiger partial charge in [0, 0.05) is 7.11 Å². The van der Waals surface area contributed by atoms with E-state index in [1.165, 1.54) is 26.4 Å². The highest BCUT2D eigenvalue weighted by atomic mass is 16.5. The van der Waals surface area contributed by atoms with Crippen LogP contribution in [0.15, 0.2) is 0 Å². The second-order valence-electron chi connectivity index (χ2n) is 7.27. The van der Waals surface area contributed by atoms with E-state index in [9.17, 15) is 9.59 Å². The Morgan fingerprint density at radius 3 is 2.05 bits per heavy atom. The normalized spacial score (nSPS) is 38.1. The van der Waals surface area contributed by atoms with Crippen LogP contribution in [0.25, 0.3) is 0 Å². The topological polar surface area (TPSA) is 67.4 Å². The molecule has 0 aromatic rings. The molecule has 4 saturated carbocycles. The van der Waals surface area contributed by atoms with Crippen molar-refractivity contribution < 1.29 is 14.3 Å². The maximum absolute atomic E-state index is 12.6. The molecule has 1 atom stereocenters. The molecule has 4 aliphatic rings. The van der Waals surface area contributed by atoms with E-state index in [1.807, 2.05) is 6.92 Å². The van der Waals surface area contributed by atoms with Crippen LogP contribution in [0.3, 0.4) is 0 Å². The summed E-state index contributed by atoms with van der Waals surface area (Å²) >= 11 is 0. The number of carbonyl (C=O) groups is 2. The van der Waals surface area contributed by atoms with Gasteiger partial charge in [0.25, 0.3) is 5.91 Å². The monoisotopic (exact) mass is 294 g/mol. The standard InChI is InChI=1S/C16H26N2O3/c1-3-13(21-2)14(19)17-18-15(20)16-7-10-4-11(8-16)6-12(5-10)9-16/h10-13H,3-9H2,1-2H3,(H,17,19)(H,18,20)/t10?,11?,12?,13-,16?/m1/s1. The first-order chi connectivity index (χ1) is 10.1. The first-order valence-electron chi connectivity index (χ1n) is 8.19. The van der Waals surface area contributed by atoms with Gasteiger partial charge in [0.1, 0.15) is 6.10 Å². The highest BCUT2D eigenvalue weighted by Crippen LogP contribution is 2.59. The average Bonchev–Trinajstić information content (AvgIpc) is 2.44. The molecular weight excluding hydrogens is 268 g/mol. The molecular formula is C16H26N2O3. The number of nitrogens with one attached hydrogen (secondary N) is 2. The lowest BCUT2D eigenvalue weighted by Crippen LogP contribution is -2.57. The maximum Gasteiger partial charge on any atom is 0.267 e. The summed E-state index contributed by atoms with van der Waals surface area (Å²) in [4.78, 5) is 24.5. The van der Waals surface area contributed by atoms with E-state index >= 15 is 0 Å². The van der Waals surface area contributed by atoms with E-state index in [2.05, 4.69) is 10.9 Å². The molecule has 2 N–H and O–H groups in total. The minimum Gasteiger partial charge on any atom is -0.372 e. The summed E-state index contributed by atoms with van der Waals surface area (Å²) < 4.78 is 5.08. The van der Waals surface area contributed by atoms with Crippen molar-refractivity contribution in [3.63, 3.8) is 0 Å². The van der Waals surface area contributed by atoms with Gasteiger partial charge in [-0.25, -0.2) is 0 Å². The number of rotatable bonds is 4. The second-order valence-corrected chi connectivity index (χ2v) is 7.27. The number of hydrazine groups is 1. The number of hydrogen-bond donors (Lipinski definition) is 2. The van der Waals surface area contributed by atoms with Gasteiger partial charge in [-0.15, -0.1) is 0 Å². The van der Waals surface area contributed by atoms with Crippen molar-refractivity contribution in [2.24, 2.45) is 23.2 Å². The van der Waals surface area contributed by atoms with Crippen LogP contribution in [-0.2, 0) is 14.3 Å². The van der Waals surface area contributed by atoms with Gasteiger partial charge in [-0.05, 0) is 62.7 Å². The molecule has 5 heteroatoms. The molecule has 4 bridgehead atoms. The van der Waals surface area contributed by atoms with Crippen LogP contribution in [0.2, 0.25) is 0 Å². The van der Waals surface area contributed by atoms with Gasteiger partial charge in [0.2, 0.25) is 5.91 Å². The third-order valence-corrected chi connectivity index (χ3v) is 5.77. The van der Waals surface area contributed by atoms with Crippen LogP contribution in [-0.4, -0.2) is 25.0 Å². The molecule has 0 heterocycles. The van der Waals surface area contributed by atoms with Gasteiger partial charge in [0.05, 0.1) is 5.41 Å². The van der Waals surface area contributed by atoms with Crippen LogP contribution in [0.4, 0.5) is 0 Å². The summed E-state index contributed by atoms with van der Waals surface area (Å²) in [6.07, 6.45) is 7.02. The molecule has 21 heavy (non-hydrogen) atoms. The Balaban J connectivity index is 1.59. The summed E-state index contributed by atoms with van der Waals surface area (Å²) in [5, 5.41) is 0. The van der Waals surface area contributed by atoms with Crippen molar-refractivity contribution in [3.05, 3.63) is 0 Å². The third kappa shape index (κ3) is 2.68. The fraction of sp³-hybridized carbons (Fsp3) is 0.875. The van der Waals surface area contributed by atoms with Crippen LogP contribution >= 0.6 is 0 Å². The summed E-state index contributed by atoms with van der Waals surface area (Å²) in [6.45, 7) is 1.88. The van der Waals surface area contributed by atoms with Gasteiger partial charge in [-0.1, -0.05) is 6.92 Å². The number of methoxy groups -OCH3 is 1. The van der Waals surface area contributed by atoms with Crippen LogP contribution < -0.4 is 10.9 Å². The molecule has 0 spiro atoms. The Bertz CT molecular complexity index is 396. The summed E-state index contributed by atoms with van der Waals surface area (Å²) in [5.74, 6) is 1.92. The summed E-state index contributed by atoms with van der Waals surface area (Å²) in [7, 11) is 1.51. The molecule has 118 valence electrons. The molecule has 5 nitrogen and oxygen atoms in total. The minimum absolute atomic E-state index is 0.0147. The van der Waals surface area contributed by atoms with Crippen LogP contribution in [0.1, 0.15) is 51.9 Å². The van der Waals surface area contributed by atoms with Crippen LogP contribution in [0, 0.1) is 23.2 Å². The molecule has 0 aliphatic heterocycles. The van der Waals surface area contributed by atoms with E-state index in [-0.39, 0.29) is 17.2 Å². The molecule has 0 aromatic carbocycles. The first kappa shape index (κ1) is 14.8. The number of carbonyl (C=O) groups excluding carboxylic acids is 2. The molecule has 4 fully saturated rings. The fourth-order valence-corrected chi connectivity index (χ4v) is 5.18. The Hall–Kier alpha value is -1.10.